The van der Waals surface area contributed by atoms with Crippen LogP contribution in [0.15, 0.2) is 115 Å². The lowest BCUT2D eigenvalue weighted by Gasteiger charge is -2.38. The van der Waals surface area contributed by atoms with E-state index in [4.69, 9.17) is 4.74 Å². The average molecular weight is 597 g/mol. The van der Waals surface area contributed by atoms with E-state index in [0.717, 1.165) is 55.8 Å². The number of hydrogen-bond donors (Lipinski definition) is 1. The van der Waals surface area contributed by atoms with Crippen molar-refractivity contribution < 1.29 is 23.0 Å². The highest BCUT2D eigenvalue weighted by molar-refractivity contribution is 6.08. The minimum Gasteiger partial charge on any atom is -0.508 e. The third-order valence-electron chi connectivity index (χ3n) is 9.35. The predicted octanol–water partition coefficient (Wildman–Crippen LogP) is 10.3. The van der Waals surface area contributed by atoms with Gasteiger partial charge in [-0.2, -0.15) is 0 Å². The molecule has 0 radical (unpaired) electrons. The first-order valence-electron chi connectivity index (χ1n) is 14.8. The highest BCUT2D eigenvalue weighted by Gasteiger charge is 2.44. The van der Waals surface area contributed by atoms with Gasteiger partial charge in [0.05, 0.1) is 0 Å². The van der Waals surface area contributed by atoms with Crippen molar-refractivity contribution in [2.45, 2.75) is 24.9 Å². The first kappa shape index (κ1) is 27.3. The van der Waals surface area contributed by atoms with Crippen molar-refractivity contribution in [1.29, 1.82) is 0 Å². The van der Waals surface area contributed by atoms with Crippen LogP contribution in [0.1, 0.15) is 41.7 Å². The number of fused-ring (bicyclic) bond motifs is 8. The molecule has 2 nitrogen and oxygen atoms in total. The van der Waals surface area contributed by atoms with Crippen molar-refractivity contribution in [2.75, 3.05) is 0 Å². The molecule has 6 aromatic rings. The molecule has 1 atom stereocenters. The SMILES string of the molecule is CC1(C)c2cc(-c3ccc(F)cc3F)ccc2-c2c1c1c(c3ccccc23)OC(c2ccc(O)cc2)(c2ccc(F)cc2)C=C1. The number of aromatic hydroxyl groups is 1. The van der Waals surface area contributed by atoms with E-state index in [1.807, 2.05) is 54.6 Å². The third-order valence-corrected chi connectivity index (χ3v) is 9.35. The lowest BCUT2D eigenvalue weighted by molar-refractivity contribution is 0.163. The Morgan fingerprint density at radius 3 is 2.02 bits per heavy atom. The highest BCUT2D eigenvalue weighted by atomic mass is 19.1. The molecule has 0 saturated heterocycles. The van der Waals surface area contributed by atoms with Gasteiger partial charge in [-0.1, -0.05) is 80.6 Å². The predicted molar refractivity (Wildman–Crippen MR) is 172 cm³/mol. The number of phenols is 1. The van der Waals surface area contributed by atoms with Crippen molar-refractivity contribution in [2.24, 2.45) is 0 Å². The first-order valence-corrected chi connectivity index (χ1v) is 14.8. The maximum Gasteiger partial charge on any atom is 0.178 e. The van der Waals surface area contributed by atoms with Crippen LogP contribution in [0.4, 0.5) is 13.2 Å². The molecule has 0 spiro atoms. The normalized spacial score (nSPS) is 17.4. The monoisotopic (exact) mass is 596 g/mol. The summed E-state index contributed by atoms with van der Waals surface area (Å²) >= 11 is 0. The van der Waals surface area contributed by atoms with E-state index in [9.17, 15) is 18.3 Å². The lowest BCUT2D eigenvalue weighted by Crippen LogP contribution is -2.35. The van der Waals surface area contributed by atoms with E-state index < -0.39 is 22.7 Å². The zero-order valence-electron chi connectivity index (χ0n) is 24.5. The van der Waals surface area contributed by atoms with Gasteiger partial charge < -0.3 is 9.84 Å². The van der Waals surface area contributed by atoms with Crippen LogP contribution in [0.25, 0.3) is 39.1 Å². The van der Waals surface area contributed by atoms with Gasteiger partial charge in [0.1, 0.15) is 29.0 Å². The molecular weight excluding hydrogens is 569 g/mol. The molecule has 1 heterocycles. The number of rotatable bonds is 3. The van der Waals surface area contributed by atoms with Crippen LogP contribution in [0.3, 0.4) is 0 Å². The minimum absolute atomic E-state index is 0.135. The molecule has 0 amide bonds. The lowest BCUT2D eigenvalue weighted by atomic mass is 9.76. The smallest absolute Gasteiger partial charge is 0.178 e. The van der Waals surface area contributed by atoms with Crippen LogP contribution in [-0.2, 0) is 11.0 Å². The van der Waals surface area contributed by atoms with Crippen LogP contribution < -0.4 is 4.74 Å². The van der Waals surface area contributed by atoms with Gasteiger partial charge >= 0.3 is 0 Å². The van der Waals surface area contributed by atoms with E-state index in [2.05, 4.69) is 26.0 Å². The summed E-state index contributed by atoms with van der Waals surface area (Å²) in [6, 6.07) is 30.9. The molecule has 2 aliphatic rings. The van der Waals surface area contributed by atoms with Gasteiger partial charge in [-0.15, -0.1) is 0 Å². The maximum absolute atomic E-state index is 14.9. The molecule has 220 valence electrons. The quantitative estimate of drug-likeness (QED) is 0.220. The Balaban J connectivity index is 1.38. The molecule has 45 heavy (non-hydrogen) atoms. The number of halogens is 3. The molecule has 1 unspecified atom stereocenters. The van der Waals surface area contributed by atoms with Crippen molar-refractivity contribution in [1.82, 2.24) is 0 Å². The summed E-state index contributed by atoms with van der Waals surface area (Å²) in [5, 5.41) is 12.0. The maximum atomic E-state index is 14.9. The number of benzene rings is 6. The molecule has 1 aliphatic carbocycles. The van der Waals surface area contributed by atoms with Gasteiger partial charge in [0.15, 0.2) is 5.60 Å². The second-order valence-electron chi connectivity index (χ2n) is 12.3. The largest absolute Gasteiger partial charge is 0.508 e. The van der Waals surface area contributed by atoms with Gasteiger partial charge in [-0.25, -0.2) is 13.2 Å². The van der Waals surface area contributed by atoms with Crippen LogP contribution in [-0.4, -0.2) is 5.11 Å². The van der Waals surface area contributed by atoms with Crippen molar-refractivity contribution in [3.8, 4) is 33.8 Å². The molecular formula is C40H27F3O2. The summed E-state index contributed by atoms with van der Waals surface area (Å²) in [5.41, 5.74) is 6.21. The van der Waals surface area contributed by atoms with Crippen LogP contribution in [0, 0.1) is 17.5 Å². The zero-order valence-corrected chi connectivity index (χ0v) is 24.5. The first-order chi connectivity index (χ1) is 21.7. The van der Waals surface area contributed by atoms with E-state index in [0.29, 0.717) is 16.9 Å². The molecule has 6 aromatic carbocycles. The second-order valence-corrected chi connectivity index (χ2v) is 12.3. The fraction of sp³-hybridized carbons (Fsp3) is 0.100. The molecule has 0 fully saturated rings. The molecule has 8 rings (SSSR count). The molecule has 0 aromatic heterocycles. The van der Waals surface area contributed by atoms with E-state index in [1.54, 1.807) is 24.3 Å². The van der Waals surface area contributed by atoms with E-state index >= 15 is 0 Å². The van der Waals surface area contributed by atoms with Gasteiger partial charge in [0.25, 0.3) is 0 Å². The topological polar surface area (TPSA) is 29.5 Å². The summed E-state index contributed by atoms with van der Waals surface area (Å²) in [6.07, 6.45) is 4.09. The fourth-order valence-corrected chi connectivity index (χ4v) is 7.21. The second kappa shape index (κ2) is 9.60. The Labute approximate surface area is 258 Å². The number of hydrogen-bond acceptors (Lipinski definition) is 2. The highest BCUT2D eigenvalue weighted by Crippen LogP contribution is 2.58. The average Bonchev–Trinajstić information content (AvgIpc) is 3.28. The molecule has 0 bridgehead atoms. The van der Waals surface area contributed by atoms with Crippen LogP contribution in [0.2, 0.25) is 0 Å². The third kappa shape index (κ3) is 3.96. The van der Waals surface area contributed by atoms with Gasteiger partial charge in [-0.3, -0.25) is 0 Å². The van der Waals surface area contributed by atoms with Crippen molar-refractivity contribution in [3.05, 3.63) is 161 Å². The minimum atomic E-state index is -1.09. The zero-order chi connectivity index (χ0) is 31.1. The molecule has 5 heteroatoms. The van der Waals surface area contributed by atoms with Crippen LogP contribution >= 0.6 is 0 Å². The molecule has 0 saturated carbocycles. The van der Waals surface area contributed by atoms with Gasteiger partial charge in [-0.05, 0) is 81.7 Å². The van der Waals surface area contributed by atoms with Gasteiger partial charge in [0, 0.05) is 39.1 Å². The molecule has 1 aliphatic heterocycles. The fourth-order valence-electron chi connectivity index (χ4n) is 7.21. The Bertz CT molecular complexity index is 2150. The number of ether oxygens (including phenoxy) is 1. The Morgan fingerprint density at radius 2 is 1.31 bits per heavy atom. The summed E-state index contributed by atoms with van der Waals surface area (Å²) in [7, 11) is 0. The molecule has 1 N–H and O–H groups in total. The summed E-state index contributed by atoms with van der Waals surface area (Å²) in [6.45, 7) is 4.32. The Hall–Kier alpha value is -5.29. The van der Waals surface area contributed by atoms with Crippen LogP contribution in [0.5, 0.6) is 11.5 Å². The van der Waals surface area contributed by atoms with E-state index in [-0.39, 0.29) is 11.6 Å². The van der Waals surface area contributed by atoms with Crippen molar-refractivity contribution >= 4 is 16.8 Å². The summed E-state index contributed by atoms with van der Waals surface area (Å²) in [5.74, 6) is -0.721. The van der Waals surface area contributed by atoms with Gasteiger partial charge in [0.2, 0.25) is 0 Å². The van der Waals surface area contributed by atoms with Crippen molar-refractivity contribution in [3.63, 3.8) is 0 Å². The van der Waals surface area contributed by atoms with E-state index in [1.165, 1.54) is 24.3 Å². The number of phenolic OH excluding ortho intramolecular Hbond substituents is 1. The standard InChI is InChI=1S/C40H27F3O2/c1-39(2)34-21-23(29-18-14-27(42)22-35(29)43)7-17-32(34)36-30-5-3-4-6-31(30)38-33(37(36)39)19-20-40(45-38,24-8-12-26(41)13-9-24)25-10-15-28(44)16-11-25/h3-22,44H,1-2H3. The summed E-state index contributed by atoms with van der Waals surface area (Å²) in [4.78, 5) is 0. The Morgan fingerprint density at radius 1 is 0.667 bits per heavy atom. The summed E-state index contributed by atoms with van der Waals surface area (Å²) < 4.78 is 49.8. The Kier molecular flexibility index (Phi) is 5.82.